The number of epoxide rings is 4. The molecule has 0 aromatic heterocycles. The molecule has 0 spiro atoms. The van der Waals surface area contributed by atoms with Gasteiger partial charge in [0.25, 0.3) is 0 Å². The second-order valence-corrected chi connectivity index (χ2v) is 13.6. The zero-order valence-corrected chi connectivity index (χ0v) is 22.6. The zero-order chi connectivity index (χ0) is 26.3. The molecule has 0 radical (unpaired) electrons. The second-order valence-electron chi connectivity index (χ2n) is 13.6. The van der Waals surface area contributed by atoms with Gasteiger partial charge in [0.1, 0.15) is 0 Å². The Balaban J connectivity index is 0.000000136. The topological polar surface area (TPSA) is 125 Å². The molecule has 0 amide bonds. The Morgan fingerprint density at radius 3 is 2.14 bits per heavy atom. The first-order chi connectivity index (χ1) is 17.5. The lowest BCUT2D eigenvalue weighted by Crippen LogP contribution is -2.47. The van der Waals surface area contributed by atoms with Gasteiger partial charge in [0, 0.05) is 12.8 Å². The highest BCUT2D eigenvalue weighted by molar-refractivity contribution is 5.76. The number of hydrogen-bond donors (Lipinski definition) is 2. The molecule has 3 saturated carbocycles. The van der Waals surface area contributed by atoms with Crippen molar-refractivity contribution in [2.75, 3.05) is 0 Å². The van der Waals surface area contributed by atoms with Crippen molar-refractivity contribution >= 4 is 11.9 Å². The summed E-state index contributed by atoms with van der Waals surface area (Å²) in [6.07, 6.45) is 15.0. The van der Waals surface area contributed by atoms with Gasteiger partial charge < -0.3 is 29.2 Å². The monoisotopic (exact) mass is 520 g/mol. The molecule has 3 aliphatic carbocycles. The van der Waals surface area contributed by atoms with Gasteiger partial charge in [0.15, 0.2) is 0 Å². The average Bonchev–Trinajstić information content (AvgIpc) is 3.71. The number of ether oxygens (including phenoxy) is 4. The second kappa shape index (κ2) is 8.64. The molecule has 4 aliphatic heterocycles. The molecule has 7 aliphatic rings. The van der Waals surface area contributed by atoms with Crippen molar-refractivity contribution in [1.82, 2.24) is 0 Å². The standard InChI is InChI=1S/C15H24O4.C14H20O4/c1-4-14-15(18-14,19-14)10-13(3,11(16)17)12(2)8-6-5-7-9-12;15-13(16)14(4-3-10-12(7-14)18-10)6-8-1-2-9-11(5-8)17-9/h4-10H2,1-3H3,(H,16,17);8-12H,1-7H2,(H,15,16). The highest BCUT2D eigenvalue weighted by atomic mass is 17.0. The van der Waals surface area contributed by atoms with Gasteiger partial charge in [-0.15, -0.1) is 0 Å². The Morgan fingerprint density at radius 2 is 1.57 bits per heavy atom. The van der Waals surface area contributed by atoms with Crippen molar-refractivity contribution in [3.63, 3.8) is 0 Å². The Bertz CT molecular complexity index is 936. The molecule has 8 heteroatoms. The Kier molecular flexibility index (Phi) is 6.08. The van der Waals surface area contributed by atoms with Gasteiger partial charge in [-0.3, -0.25) is 9.59 Å². The van der Waals surface area contributed by atoms with E-state index in [4.69, 9.17) is 18.9 Å². The third-order valence-electron chi connectivity index (χ3n) is 11.4. The summed E-state index contributed by atoms with van der Waals surface area (Å²) in [5.41, 5.74) is -1.42. The minimum atomic E-state index is -0.763. The van der Waals surface area contributed by atoms with Crippen LogP contribution in [0.4, 0.5) is 0 Å². The van der Waals surface area contributed by atoms with Gasteiger partial charge in [-0.1, -0.05) is 33.1 Å². The minimum absolute atomic E-state index is 0.150. The van der Waals surface area contributed by atoms with Gasteiger partial charge in [-0.2, -0.15) is 0 Å². The van der Waals surface area contributed by atoms with Crippen LogP contribution in [-0.4, -0.2) is 58.1 Å². The van der Waals surface area contributed by atoms with E-state index in [2.05, 4.69) is 6.92 Å². The lowest BCUT2D eigenvalue weighted by atomic mass is 9.57. The third kappa shape index (κ3) is 4.34. The highest BCUT2D eigenvalue weighted by Crippen LogP contribution is 2.74. The van der Waals surface area contributed by atoms with Gasteiger partial charge >= 0.3 is 11.9 Å². The van der Waals surface area contributed by atoms with Crippen molar-refractivity contribution < 1.29 is 38.7 Å². The Morgan fingerprint density at radius 1 is 0.892 bits per heavy atom. The van der Waals surface area contributed by atoms with Crippen LogP contribution in [0.3, 0.4) is 0 Å². The first-order valence-corrected chi connectivity index (χ1v) is 14.7. The maximum atomic E-state index is 11.9. The Hall–Kier alpha value is -1.22. The van der Waals surface area contributed by atoms with E-state index in [1.807, 2.05) is 13.8 Å². The maximum absolute atomic E-state index is 11.9. The van der Waals surface area contributed by atoms with Crippen molar-refractivity contribution in [3.05, 3.63) is 0 Å². The Labute approximate surface area is 219 Å². The van der Waals surface area contributed by atoms with Gasteiger partial charge in [-0.25, -0.2) is 0 Å². The maximum Gasteiger partial charge on any atom is 0.310 e. The van der Waals surface area contributed by atoms with E-state index in [-0.39, 0.29) is 11.5 Å². The molecular formula is C29H44O8. The summed E-state index contributed by atoms with van der Waals surface area (Å²) in [7, 11) is 0. The number of carbonyl (C=O) groups is 2. The molecule has 7 rings (SSSR count). The molecule has 37 heavy (non-hydrogen) atoms. The first kappa shape index (κ1) is 26.0. The van der Waals surface area contributed by atoms with E-state index in [0.29, 0.717) is 30.7 Å². The SMILES string of the molecule is CCC12OC1(CC(C)(C(=O)O)C1(C)CCCCC1)O2.O=C(O)C1(CC2CCC3OC3C2)CCC2OC2C1. The smallest absolute Gasteiger partial charge is 0.310 e. The summed E-state index contributed by atoms with van der Waals surface area (Å²) in [5.74, 6) is -1.78. The van der Waals surface area contributed by atoms with Gasteiger partial charge in [0.05, 0.1) is 35.2 Å². The quantitative estimate of drug-likeness (QED) is 0.415. The molecule has 0 bridgehead atoms. The van der Waals surface area contributed by atoms with Crippen LogP contribution in [0, 0.1) is 22.2 Å². The molecule has 0 aromatic rings. The van der Waals surface area contributed by atoms with E-state index in [9.17, 15) is 19.8 Å². The fourth-order valence-corrected chi connectivity index (χ4v) is 8.22. The van der Waals surface area contributed by atoms with Crippen LogP contribution < -0.4 is 0 Å². The molecule has 208 valence electrons. The number of carboxylic acids is 2. The van der Waals surface area contributed by atoms with Crippen molar-refractivity contribution in [3.8, 4) is 0 Å². The van der Waals surface area contributed by atoms with Crippen LogP contribution in [0.2, 0.25) is 0 Å². The lowest BCUT2D eigenvalue weighted by molar-refractivity contribution is -0.169. The van der Waals surface area contributed by atoms with E-state index < -0.39 is 34.3 Å². The van der Waals surface area contributed by atoms with Crippen LogP contribution in [0.25, 0.3) is 0 Å². The highest BCUT2D eigenvalue weighted by Gasteiger charge is 2.91. The molecule has 7 atom stereocenters. The number of carboxylic acid groups (broad SMARTS) is 2. The van der Waals surface area contributed by atoms with Gasteiger partial charge in [0.2, 0.25) is 11.6 Å². The van der Waals surface area contributed by atoms with Gasteiger partial charge in [-0.05, 0) is 76.0 Å². The zero-order valence-electron chi connectivity index (χ0n) is 22.6. The lowest BCUT2D eigenvalue weighted by Gasteiger charge is -2.46. The number of aliphatic carboxylic acids is 2. The summed E-state index contributed by atoms with van der Waals surface area (Å²) < 4.78 is 22.3. The number of hydrogen-bond acceptors (Lipinski definition) is 6. The fraction of sp³-hybridized carbons (Fsp3) is 0.931. The van der Waals surface area contributed by atoms with Crippen molar-refractivity contribution in [1.29, 1.82) is 0 Å². The molecule has 4 heterocycles. The molecule has 4 saturated heterocycles. The van der Waals surface area contributed by atoms with Crippen LogP contribution in [0.15, 0.2) is 0 Å². The van der Waals surface area contributed by atoms with Crippen LogP contribution in [0.5, 0.6) is 0 Å². The summed E-state index contributed by atoms with van der Waals surface area (Å²) in [4.78, 5) is 23.7. The normalized spacial score (nSPS) is 47.5. The number of fused-ring (bicyclic) bond motifs is 3. The molecule has 8 nitrogen and oxygen atoms in total. The van der Waals surface area contributed by atoms with Crippen LogP contribution >= 0.6 is 0 Å². The van der Waals surface area contributed by atoms with Crippen LogP contribution in [-0.2, 0) is 28.5 Å². The molecule has 0 aromatic carbocycles. The average molecular weight is 521 g/mol. The minimum Gasteiger partial charge on any atom is -0.481 e. The molecular weight excluding hydrogens is 476 g/mol. The largest absolute Gasteiger partial charge is 0.481 e. The van der Waals surface area contributed by atoms with Crippen molar-refractivity contribution in [2.45, 2.75) is 147 Å². The summed E-state index contributed by atoms with van der Waals surface area (Å²) in [5, 5.41) is 19.5. The van der Waals surface area contributed by atoms with E-state index in [1.54, 1.807) is 0 Å². The van der Waals surface area contributed by atoms with Crippen molar-refractivity contribution in [2.24, 2.45) is 22.2 Å². The first-order valence-electron chi connectivity index (χ1n) is 14.7. The third-order valence-corrected chi connectivity index (χ3v) is 11.4. The summed E-state index contributed by atoms with van der Waals surface area (Å²) in [6, 6.07) is 0. The predicted octanol–water partition coefficient (Wildman–Crippen LogP) is 5.27. The van der Waals surface area contributed by atoms with E-state index >= 15 is 0 Å². The van der Waals surface area contributed by atoms with E-state index in [0.717, 1.165) is 77.0 Å². The van der Waals surface area contributed by atoms with Crippen LogP contribution in [0.1, 0.15) is 111 Å². The summed E-state index contributed by atoms with van der Waals surface area (Å²) >= 11 is 0. The molecule has 7 unspecified atom stereocenters. The summed E-state index contributed by atoms with van der Waals surface area (Å²) in [6.45, 7) is 6.05. The fourth-order valence-electron chi connectivity index (χ4n) is 8.22. The van der Waals surface area contributed by atoms with E-state index in [1.165, 1.54) is 6.42 Å². The predicted molar refractivity (Wildman–Crippen MR) is 133 cm³/mol. The molecule has 2 N–H and O–H groups in total. The molecule has 7 fully saturated rings. The number of rotatable bonds is 8.